The van der Waals surface area contributed by atoms with Gasteiger partial charge in [-0.15, -0.1) is 0 Å². The summed E-state index contributed by atoms with van der Waals surface area (Å²) in [5.41, 5.74) is 2.66. The molecule has 0 radical (unpaired) electrons. The molecule has 1 aromatic carbocycles. The Hall–Kier alpha value is -0.870. The smallest absolute Gasteiger partial charge is 0.339 e. The highest BCUT2D eigenvalue weighted by Gasteiger charge is 2.14. The van der Waals surface area contributed by atoms with E-state index in [0.717, 1.165) is 15.6 Å². The van der Waals surface area contributed by atoms with E-state index < -0.39 is 0 Å². The Balaban J connectivity index is 2.67. The number of rotatable bonds is 5. The third-order valence-corrected chi connectivity index (χ3v) is 3.83. The van der Waals surface area contributed by atoms with E-state index in [1.54, 1.807) is 7.11 Å². The summed E-state index contributed by atoms with van der Waals surface area (Å²) >= 11 is 3.42. The van der Waals surface area contributed by atoms with Crippen molar-refractivity contribution in [3.63, 3.8) is 0 Å². The van der Waals surface area contributed by atoms with Crippen molar-refractivity contribution >= 4 is 21.9 Å². The van der Waals surface area contributed by atoms with Crippen LogP contribution >= 0.6 is 15.9 Å². The van der Waals surface area contributed by atoms with Gasteiger partial charge in [-0.25, -0.2) is 4.79 Å². The molecule has 100 valence electrons. The van der Waals surface area contributed by atoms with Gasteiger partial charge < -0.3 is 9.47 Å². The number of aryl methyl sites for hydroxylation is 2. The first kappa shape index (κ1) is 15.2. The van der Waals surface area contributed by atoms with Gasteiger partial charge in [-0.05, 0) is 53.9 Å². The zero-order valence-corrected chi connectivity index (χ0v) is 12.8. The van der Waals surface area contributed by atoms with Gasteiger partial charge in [0.2, 0.25) is 0 Å². The summed E-state index contributed by atoms with van der Waals surface area (Å²) < 4.78 is 11.1. The lowest BCUT2D eigenvalue weighted by Gasteiger charge is -2.11. The molecule has 0 saturated carbocycles. The molecule has 4 heteroatoms. The predicted octanol–water partition coefficient (Wildman–Crippen LogP) is 3.65. The first-order valence-corrected chi connectivity index (χ1v) is 6.71. The lowest BCUT2D eigenvalue weighted by Crippen LogP contribution is -2.13. The molecule has 1 unspecified atom stereocenters. The second kappa shape index (κ2) is 6.90. The Bertz CT molecular complexity index is 429. The van der Waals surface area contributed by atoms with Crippen molar-refractivity contribution in [3.8, 4) is 0 Å². The van der Waals surface area contributed by atoms with E-state index in [1.807, 2.05) is 32.9 Å². The molecule has 0 heterocycles. The van der Waals surface area contributed by atoms with Crippen LogP contribution in [0, 0.1) is 13.8 Å². The van der Waals surface area contributed by atoms with Crippen LogP contribution in [0.25, 0.3) is 0 Å². The van der Waals surface area contributed by atoms with Gasteiger partial charge in [-0.2, -0.15) is 0 Å². The molecule has 0 saturated heterocycles. The Morgan fingerprint density at radius 3 is 2.67 bits per heavy atom. The Morgan fingerprint density at radius 1 is 1.39 bits per heavy atom. The Morgan fingerprint density at radius 2 is 2.06 bits per heavy atom. The monoisotopic (exact) mass is 314 g/mol. The van der Waals surface area contributed by atoms with Gasteiger partial charge >= 0.3 is 5.97 Å². The lowest BCUT2D eigenvalue weighted by atomic mass is 10.1. The average molecular weight is 315 g/mol. The minimum atomic E-state index is -0.294. The molecule has 0 aliphatic carbocycles. The van der Waals surface area contributed by atoms with E-state index >= 15 is 0 Å². The maximum Gasteiger partial charge on any atom is 0.339 e. The molecule has 1 atom stereocenters. The quantitative estimate of drug-likeness (QED) is 0.778. The Kier molecular flexibility index (Phi) is 5.82. The van der Waals surface area contributed by atoms with E-state index in [1.165, 1.54) is 0 Å². The fourth-order valence-electron chi connectivity index (χ4n) is 1.61. The number of carbonyl (C=O) groups excluding carboxylic acids is 1. The molecule has 1 rings (SSSR count). The summed E-state index contributed by atoms with van der Waals surface area (Å²) in [6, 6.07) is 3.85. The number of halogens is 1. The van der Waals surface area contributed by atoms with E-state index in [0.29, 0.717) is 18.6 Å². The van der Waals surface area contributed by atoms with Crippen molar-refractivity contribution in [2.45, 2.75) is 33.3 Å². The zero-order chi connectivity index (χ0) is 13.7. The van der Waals surface area contributed by atoms with Gasteiger partial charge in [-0.1, -0.05) is 6.07 Å². The van der Waals surface area contributed by atoms with E-state index in [9.17, 15) is 4.79 Å². The number of benzene rings is 1. The second-order valence-corrected chi connectivity index (χ2v) is 5.21. The molecule has 18 heavy (non-hydrogen) atoms. The van der Waals surface area contributed by atoms with E-state index in [4.69, 9.17) is 9.47 Å². The summed E-state index contributed by atoms with van der Waals surface area (Å²) in [7, 11) is 1.65. The fraction of sp³-hybridized carbons (Fsp3) is 0.500. The number of hydrogen-bond donors (Lipinski definition) is 0. The Labute approximate surface area is 117 Å². The minimum absolute atomic E-state index is 0.0977. The maximum atomic E-state index is 11.9. The van der Waals surface area contributed by atoms with Crippen LogP contribution in [0.5, 0.6) is 0 Å². The van der Waals surface area contributed by atoms with Gasteiger partial charge in [0.15, 0.2) is 0 Å². The summed E-state index contributed by atoms with van der Waals surface area (Å²) in [6.45, 7) is 6.23. The van der Waals surface area contributed by atoms with Crippen molar-refractivity contribution in [1.82, 2.24) is 0 Å². The highest BCUT2D eigenvalue weighted by molar-refractivity contribution is 9.10. The first-order chi connectivity index (χ1) is 8.45. The summed E-state index contributed by atoms with van der Waals surface area (Å²) in [5, 5.41) is 0. The summed E-state index contributed by atoms with van der Waals surface area (Å²) in [5.74, 6) is -0.294. The van der Waals surface area contributed by atoms with Gasteiger partial charge in [0.25, 0.3) is 0 Å². The average Bonchev–Trinajstić information content (AvgIpc) is 2.33. The van der Waals surface area contributed by atoms with Gasteiger partial charge in [-0.3, -0.25) is 0 Å². The van der Waals surface area contributed by atoms with Gasteiger partial charge in [0.05, 0.1) is 18.3 Å². The second-order valence-electron chi connectivity index (χ2n) is 4.41. The van der Waals surface area contributed by atoms with Crippen molar-refractivity contribution in [2.24, 2.45) is 0 Å². The molecular weight excluding hydrogens is 296 g/mol. The highest BCUT2D eigenvalue weighted by atomic mass is 79.9. The van der Waals surface area contributed by atoms with Crippen LogP contribution in [0.3, 0.4) is 0 Å². The number of methoxy groups -OCH3 is 1. The maximum absolute atomic E-state index is 11.9. The third kappa shape index (κ3) is 4.10. The van der Waals surface area contributed by atoms with Crippen LogP contribution in [-0.2, 0) is 9.47 Å². The molecule has 0 spiro atoms. The fourth-order valence-corrected chi connectivity index (χ4v) is 2.00. The highest BCUT2D eigenvalue weighted by Crippen LogP contribution is 2.23. The summed E-state index contributed by atoms with van der Waals surface area (Å²) in [4.78, 5) is 11.9. The van der Waals surface area contributed by atoms with E-state index in [-0.39, 0.29) is 12.1 Å². The van der Waals surface area contributed by atoms with Crippen molar-refractivity contribution in [3.05, 3.63) is 33.3 Å². The first-order valence-electron chi connectivity index (χ1n) is 5.92. The van der Waals surface area contributed by atoms with Crippen LogP contribution in [0.4, 0.5) is 0 Å². The lowest BCUT2D eigenvalue weighted by molar-refractivity contribution is 0.0389. The van der Waals surface area contributed by atoms with Gasteiger partial charge in [0.1, 0.15) is 0 Å². The van der Waals surface area contributed by atoms with Crippen LogP contribution < -0.4 is 0 Å². The molecule has 1 aromatic rings. The normalized spacial score (nSPS) is 12.3. The molecule has 0 aliphatic rings. The predicted molar refractivity (Wildman–Crippen MR) is 75.0 cm³/mol. The van der Waals surface area contributed by atoms with Crippen molar-refractivity contribution in [2.75, 3.05) is 13.7 Å². The van der Waals surface area contributed by atoms with Crippen LogP contribution in [0.1, 0.15) is 34.8 Å². The van der Waals surface area contributed by atoms with Crippen molar-refractivity contribution < 1.29 is 14.3 Å². The van der Waals surface area contributed by atoms with Crippen LogP contribution in [-0.4, -0.2) is 25.8 Å². The number of hydrogen-bond acceptors (Lipinski definition) is 3. The molecule has 0 amide bonds. The van der Waals surface area contributed by atoms with Crippen LogP contribution in [0.2, 0.25) is 0 Å². The molecule has 0 bridgehead atoms. The zero-order valence-electron chi connectivity index (χ0n) is 11.2. The standard InChI is InChI=1S/C14H19BrO3/c1-9-7-10(2)13(15)12(8-9)14(16)18-6-5-11(3)17-4/h7-8,11H,5-6H2,1-4H3. The van der Waals surface area contributed by atoms with Gasteiger partial charge in [0, 0.05) is 18.0 Å². The largest absolute Gasteiger partial charge is 0.462 e. The molecule has 3 nitrogen and oxygen atoms in total. The SMILES string of the molecule is COC(C)CCOC(=O)c1cc(C)cc(C)c1Br. The number of ether oxygens (including phenoxy) is 2. The number of carbonyl (C=O) groups is 1. The molecule has 0 fully saturated rings. The third-order valence-electron chi connectivity index (χ3n) is 2.78. The molecule has 0 aromatic heterocycles. The topological polar surface area (TPSA) is 35.5 Å². The molecular formula is C14H19BrO3. The molecule has 0 N–H and O–H groups in total. The van der Waals surface area contributed by atoms with Crippen LogP contribution in [0.15, 0.2) is 16.6 Å². The van der Waals surface area contributed by atoms with E-state index in [2.05, 4.69) is 15.9 Å². The summed E-state index contributed by atoms with van der Waals surface area (Å²) in [6.07, 6.45) is 0.797. The van der Waals surface area contributed by atoms with Crippen molar-refractivity contribution in [1.29, 1.82) is 0 Å². The molecule has 0 aliphatic heterocycles. The number of esters is 1. The minimum Gasteiger partial charge on any atom is -0.462 e.